The van der Waals surface area contributed by atoms with E-state index < -0.39 is 0 Å². The van der Waals surface area contributed by atoms with E-state index >= 15 is 0 Å². The van der Waals surface area contributed by atoms with Gasteiger partial charge < -0.3 is 14.4 Å². The number of aromatic nitrogens is 3. The summed E-state index contributed by atoms with van der Waals surface area (Å²) in [6.45, 7) is 2.12. The third kappa shape index (κ3) is 3.04. The molecule has 2 fully saturated rings. The Morgan fingerprint density at radius 1 is 1.13 bits per heavy atom. The number of hydrogen-bond donors (Lipinski definition) is 0. The second-order valence-corrected chi connectivity index (χ2v) is 5.93. The van der Waals surface area contributed by atoms with Crippen LogP contribution < -0.4 is 4.90 Å². The molecule has 120 valence electrons. The Bertz CT molecular complexity index is 625. The molecule has 0 radical (unpaired) electrons. The van der Waals surface area contributed by atoms with Crippen molar-refractivity contribution in [1.29, 1.82) is 0 Å². The highest BCUT2D eigenvalue weighted by molar-refractivity contribution is 5.33. The maximum atomic E-state index is 6.12. The van der Waals surface area contributed by atoms with E-state index in [1.54, 1.807) is 24.8 Å². The van der Waals surface area contributed by atoms with Gasteiger partial charge in [0.25, 0.3) is 0 Å². The molecule has 0 N–H and O–H groups in total. The van der Waals surface area contributed by atoms with Crippen molar-refractivity contribution < 1.29 is 9.47 Å². The summed E-state index contributed by atoms with van der Waals surface area (Å²) < 4.78 is 12.1. The van der Waals surface area contributed by atoms with E-state index in [1.807, 2.05) is 18.2 Å². The lowest BCUT2D eigenvalue weighted by Gasteiger charge is -2.39. The predicted molar refractivity (Wildman–Crippen MR) is 85.0 cm³/mol. The van der Waals surface area contributed by atoms with Gasteiger partial charge in [0.1, 0.15) is 6.10 Å². The normalized spacial score (nSPS) is 27.0. The van der Waals surface area contributed by atoms with E-state index in [9.17, 15) is 0 Å². The van der Waals surface area contributed by atoms with Crippen LogP contribution in [0, 0.1) is 0 Å². The lowest BCUT2D eigenvalue weighted by molar-refractivity contribution is -0.0772. The van der Waals surface area contributed by atoms with Crippen molar-refractivity contribution in [2.24, 2.45) is 0 Å². The van der Waals surface area contributed by atoms with Gasteiger partial charge in [-0.05, 0) is 36.6 Å². The number of hydrogen-bond acceptors (Lipinski definition) is 6. The molecule has 3 heterocycles. The Morgan fingerprint density at radius 2 is 1.96 bits per heavy atom. The number of nitrogens with zero attached hydrogens (tertiary/aromatic N) is 4. The van der Waals surface area contributed by atoms with Crippen molar-refractivity contribution in [2.45, 2.75) is 37.7 Å². The molecule has 0 unspecified atom stereocenters. The van der Waals surface area contributed by atoms with Gasteiger partial charge in [-0.1, -0.05) is 0 Å². The summed E-state index contributed by atoms with van der Waals surface area (Å²) in [7, 11) is 0. The first-order chi connectivity index (χ1) is 11.4. The van der Waals surface area contributed by atoms with Gasteiger partial charge in [0.2, 0.25) is 5.95 Å². The quantitative estimate of drug-likeness (QED) is 0.858. The summed E-state index contributed by atoms with van der Waals surface area (Å²) in [6.07, 6.45) is 9.43. The van der Waals surface area contributed by atoms with Crippen molar-refractivity contribution in [3.8, 4) is 0 Å². The Labute approximate surface area is 135 Å². The van der Waals surface area contributed by atoms with E-state index in [0.29, 0.717) is 19.3 Å². The molecule has 1 saturated heterocycles. The SMILES string of the molecule is c1cnc(N2CCO[C@H]3[C@H](OCc4ccncc4)CC[C@@H]32)nc1. The molecule has 2 aromatic rings. The molecule has 2 aliphatic rings. The van der Waals surface area contributed by atoms with Crippen molar-refractivity contribution in [1.82, 2.24) is 15.0 Å². The molecular weight excluding hydrogens is 292 g/mol. The molecule has 3 atom stereocenters. The lowest BCUT2D eigenvalue weighted by Crippen LogP contribution is -2.52. The number of fused-ring (bicyclic) bond motifs is 1. The van der Waals surface area contributed by atoms with E-state index in [-0.39, 0.29) is 12.2 Å². The standard InChI is InChI=1S/C17H20N4O2/c1-6-19-17(20-7-1)21-10-11-22-16-14(21)2-3-15(16)23-12-13-4-8-18-9-5-13/h1,4-9,14-16H,2-3,10-12H2/t14-,15+,16+/m0/s1. The predicted octanol–water partition coefficient (Wildman–Crippen LogP) is 1.82. The molecule has 2 aromatic heterocycles. The third-order valence-corrected chi connectivity index (χ3v) is 4.56. The van der Waals surface area contributed by atoms with E-state index in [1.165, 1.54) is 0 Å². The summed E-state index contributed by atoms with van der Waals surface area (Å²) in [4.78, 5) is 15.1. The molecule has 23 heavy (non-hydrogen) atoms. The van der Waals surface area contributed by atoms with Crippen LogP contribution in [-0.2, 0) is 16.1 Å². The Morgan fingerprint density at radius 3 is 2.78 bits per heavy atom. The van der Waals surface area contributed by atoms with Gasteiger partial charge >= 0.3 is 0 Å². The summed E-state index contributed by atoms with van der Waals surface area (Å²) in [5.41, 5.74) is 1.14. The van der Waals surface area contributed by atoms with Gasteiger partial charge in [0.05, 0.1) is 25.4 Å². The summed E-state index contributed by atoms with van der Waals surface area (Å²) in [5, 5.41) is 0. The smallest absolute Gasteiger partial charge is 0.225 e. The van der Waals surface area contributed by atoms with Crippen molar-refractivity contribution in [2.75, 3.05) is 18.1 Å². The monoisotopic (exact) mass is 312 g/mol. The van der Waals surface area contributed by atoms with Crippen LogP contribution in [0.1, 0.15) is 18.4 Å². The third-order valence-electron chi connectivity index (χ3n) is 4.56. The minimum absolute atomic E-state index is 0.0920. The Balaban J connectivity index is 1.43. The van der Waals surface area contributed by atoms with Crippen molar-refractivity contribution in [3.05, 3.63) is 48.5 Å². The molecular formula is C17H20N4O2. The number of anilines is 1. The average Bonchev–Trinajstić information content (AvgIpc) is 3.05. The fourth-order valence-corrected chi connectivity index (χ4v) is 3.46. The molecule has 6 nitrogen and oxygen atoms in total. The molecule has 0 bridgehead atoms. The molecule has 0 amide bonds. The van der Waals surface area contributed by atoms with Crippen LogP contribution in [0.3, 0.4) is 0 Å². The number of morpholine rings is 1. The van der Waals surface area contributed by atoms with Gasteiger partial charge in [-0.15, -0.1) is 0 Å². The van der Waals surface area contributed by atoms with E-state index in [0.717, 1.165) is 30.9 Å². The summed E-state index contributed by atoms with van der Waals surface area (Å²) in [6, 6.07) is 6.11. The minimum atomic E-state index is 0.0920. The van der Waals surface area contributed by atoms with Crippen LogP contribution in [0.25, 0.3) is 0 Å². The topological polar surface area (TPSA) is 60.4 Å². The highest BCUT2D eigenvalue weighted by atomic mass is 16.5. The van der Waals surface area contributed by atoms with Gasteiger partial charge in [0.15, 0.2) is 0 Å². The zero-order chi connectivity index (χ0) is 15.5. The minimum Gasteiger partial charge on any atom is -0.372 e. The summed E-state index contributed by atoms with van der Waals surface area (Å²) >= 11 is 0. The van der Waals surface area contributed by atoms with Crippen LogP contribution in [0.2, 0.25) is 0 Å². The van der Waals surface area contributed by atoms with Crippen LogP contribution in [0.5, 0.6) is 0 Å². The van der Waals surface area contributed by atoms with Gasteiger partial charge in [0, 0.05) is 31.3 Å². The molecule has 1 saturated carbocycles. The fraction of sp³-hybridized carbons (Fsp3) is 0.471. The van der Waals surface area contributed by atoms with Crippen LogP contribution in [0.15, 0.2) is 43.0 Å². The highest BCUT2D eigenvalue weighted by Gasteiger charge is 2.44. The second-order valence-electron chi connectivity index (χ2n) is 5.93. The largest absolute Gasteiger partial charge is 0.372 e. The first-order valence-corrected chi connectivity index (χ1v) is 8.07. The number of pyridine rings is 1. The maximum absolute atomic E-state index is 6.12. The average molecular weight is 312 g/mol. The molecule has 0 spiro atoms. The lowest BCUT2D eigenvalue weighted by atomic mass is 10.1. The van der Waals surface area contributed by atoms with Gasteiger partial charge in [-0.25, -0.2) is 9.97 Å². The molecule has 4 rings (SSSR count). The highest BCUT2D eigenvalue weighted by Crippen LogP contribution is 2.34. The first kappa shape index (κ1) is 14.5. The summed E-state index contributed by atoms with van der Waals surface area (Å²) in [5.74, 6) is 0.792. The Kier molecular flexibility index (Phi) is 4.17. The zero-order valence-corrected chi connectivity index (χ0v) is 12.9. The maximum Gasteiger partial charge on any atom is 0.225 e. The molecule has 0 aromatic carbocycles. The van der Waals surface area contributed by atoms with E-state index in [4.69, 9.17) is 9.47 Å². The fourth-order valence-electron chi connectivity index (χ4n) is 3.46. The second kappa shape index (κ2) is 6.60. The Hall–Kier alpha value is -2.05. The zero-order valence-electron chi connectivity index (χ0n) is 12.9. The first-order valence-electron chi connectivity index (χ1n) is 8.07. The molecule has 1 aliphatic heterocycles. The van der Waals surface area contributed by atoms with Gasteiger partial charge in [-0.2, -0.15) is 0 Å². The van der Waals surface area contributed by atoms with Gasteiger partial charge in [-0.3, -0.25) is 4.98 Å². The van der Waals surface area contributed by atoms with Crippen molar-refractivity contribution in [3.63, 3.8) is 0 Å². The van der Waals surface area contributed by atoms with E-state index in [2.05, 4.69) is 19.9 Å². The molecule has 1 aliphatic carbocycles. The number of ether oxygens (including phenoxy) is 2. The van der Waals surface area contributed by atoms with Crippen LogP contribution in [0.4, 0.5) is 5.95 Å². The van der Waals surface area contributed by atoms with Crippen LogP contribution in [-0.4, -0.2) is 46.4 Å². The van der Waals surface area contributed by atoms with Crippen molar-refractivity contribution >= 4 is 5.95 Å². The molecule has 6 heteroatoms. The number of rotatable bonds is 4. The van der Waals surface area contributed by atoms with Crippen LogP contribution >= 0.6 is 0 Å².